The van der Waals surface area contributed by atoms with Crippen LogP contribution < -0.4 is 0 Å². The van der Waals surface area contributed by atoms with E-state index in [1.807, 2.05) is 19.1 Å². The molecule has 1 saturated heterocycles. The fraction of sp³-hybridized carbons (Fsp3) is 0.444. The number of nitrogens with zero attached hydrogens (tertiary/aromatic N) is 4. The van der Waals surface area contributed by atoms with Crippen LogP contribution in [0.2, 0.25) is 0 Å². The molecule has 0 radical (unpaired) electrons. The molecular weight excluding hydrogens is 320 g/mol. The normalized spacial score (nSPS) is 20.5. The summed E-state index contributed by atoms with van der Waals surface area (Å²) in [5, 5.41) is 4.12. The summed E-state index contributed by atoms with van der Waals surface area (Å²) in [4.78, 5) is 23.7. The SMILES string of the molecule is Cc1ccc2oc(C(=O)N3CCC[C@@H]3c3noc(C4CC4)n3)cc2n1. The van der Waals surface area contributed by atoms with Crippen LogP contribution in [0.25, 0.3) is 11.1 Å². The molecule has 0 aromatic carbocycles. The first kappa shape index (κ1) is 14.6. The average Bonchev–Trinajstić information content (AvgIpc) is 3.04. The number of carbonyl (C=O) groups excluding carboxylic acids is 1. The summed E-state index contributed by atoms with van der Waals surface area (Å²) in [6.07, 6.45) is 3.98. The van der Waals surface area contributed by atoms with Gasteiger partial charge in [-0.1, -0.05) is 5.16 Å². The summed E-state index contributed by atoms with van der Waals surface area (Å²) in [6, 6.07) is 5.28. The Morgan fingerprint density at radius 2 is 2.12 bits per heavy atom. The maximum absolute atomic E-state index is 13.0. The van der Waals surface area contributed by atoms with Gasteiger partial charge in [-0.05, 0) is 44.7 Å². The van der Waals surface area contributed by atoms with Crippen molar-refractivity contribution in [2.75, 3.05) is 6.54 Å². The summed E-state index contributed by atoms with van der Waals surface area (Å²) in [5.41, 5.74) is 2.22. The Hall–Kier alpha value is -2.70. The van der Waals surface area contributed by atoms with Gasteiger partial charge in [0.25, 0.3) is 5.91 Å². The zero-order chi connectivity index (χ0) is 17.0. The highest BCUT2D eigenvalue weighted by atomic mass is 16.5. The van der Waals surface area contributed by atoms with E-state index in [-0.39, 0.29) is 11.9 Å². The molecule has 0 spiro atoms. The van der Waals surface area contributed by atoms with Crippen molar-refractivity contribution in [3.8, 4) is 0 Å². The van der Waals surface area contributed by atoms with E-state index in [9.17, 15) is 4.79 Å². The minimum absolute atomic E-state index is 0.143. The lowest BCUT2D eigenvalue weighted by molar-refractivity contribution is 0.0698. The van der Waals surface area contributed by atoms with Crippen LogP contribution in [0, 0.1) is 6.92 Å². The molecule has 1 aliphatic carbocycles. The van der Waals surface area contributed by atoms with Crippen molar-refractivity contribution in [1.29, 1.82) is 0 Å². The highest BCUT2D eigenvalue weighted by molar-refractivity contribution is 5.95. The molecule has 1 saturated carbocycles. The van der Waals surface area contributed by atoms with Crippen LogP contribution in [0.1, 0.15) is 65.6 Å². The molecule has 0 N–H and O–H groups in total. The summed E-state index contributed by atoms with van der Waals surface area (Å²) in [7, 11) is 0. The Balaban J connectivity index is 1.44. The highest BCUT2D eigenvalue weighted by Gasteiger charge is 2.37. The van der Waals surface area contributed by atoms with Gasteiger partial charge in [0.15, 0.2) is 17.2 Å². The summed E-state index contributed by atoms with van der Waals surface area (Å²) < 4.78 is 11.1. The second-order valence-electron chi connectivity index (χ2n) is 6.87. The second-order valence-corrected chi connectivity index (χ2v) is 6.87. The van der Waals surface area contributed by atoms with Crippen molar-refractivity contribution in [3.05, 3.63) is 41.4 Å². The molecule has 3 aromatic heterocycles. The number of hydrogen-bond acceptors (Lipinski definition) is 6. The van der Waals surface area contributed by atoms with E-state index >= 15 is 0 Å². The number of likely N-dealkylation sites (tertiary alicyclic amines) is 1. The Morgan fingerprint density at radius 1 is 1.24 bits per heavy atom. The fourth-order valence-electron chi connectivity index (χ4n) is 3.43. The number of fused-ring (bicyclic) bond motifs is 1. The van der Waals surface area contributed by atoms with E-state index in [2.05, 4.69) is 15.1 Å². The molecule has 0 bridgehead atoms. The zero-order valence-electron chi connectivity index (χ0n) is 13.9. The number of aromatic nitrogens is 3. The van der Waals surface area contributed by atoms with Crippen molar-refractivity contribution in [1.82, 2.24) is 20.0 Å². The van der Waals surface area contributed by atoms with Gasteiger partial charge in [0.1, 0.15) is 5.52 Å². The number of furan rings is 1. The van der Waals surface area contributed by atoms with Crippen LogP contribution in [-0.4, -0.2) is 32.5 Å². The van der Waals surface area contributed by atoms with Gasteiger partial charge in [-0.15, -0.1) is 0 Å². The number of amides is 1. The van der Waals surface area contributed by atoms with Gasteiger partial charge < -0.3 is 13.8 Å². The molecule has 3 aromatic rings. The van der Waals surface area contributed by atoms with E-state index in [0.29, 0.717) is 41.0 Å². The molecule has 2 fully saturated rings. The molecule has 7 nitrogen and oxygen atoms in total. The molecule has 2 aliphatic rings. The van der Waals surface area contributed by atoms with Crippen LogP contribution in [0.5, 0.6) is 0 Å². The van der Waals surface area contributed by atoms with Crippen molar-refractivity contribution in [2.24, 2.45) is 0 Å². The number of aryl methyl sites for hydroxylation is 1. The highest BCUT2D eigenvalue weighted by Crippen LogP contribution is 2.40. The quantitative estimate of drug-likeness (QED) is 0.728. The van der Waals surface area contributed by atoms with Gasteiger partial charge in [0.2, 0.25) is 5.89 Å². The summed E-state index contributed by atoms with van der Waals surface area (Å²) in [6.45, 7) is 2.58. The predicted molar refractivity (Wildman–Crippen MR) is 88.0 cm³/mol. The molecule has 1 atom stereocenters. The third kappa shape index (κ3) is 2.50. The fourth-order valence-corrected chi connectivity index (χ4v) is 3.43. The van der Waals surface area contributed by atoms with Gasteiger partial charge in [-0.2, -0.15) is 4.98 Å². The van der Waals surface area contributed by atoms with Crippen LogP contribution in [0.4, 0.5) is 0 Å². The number of rotatable bonds is 3. The Morgan fingerprint density at radius 3 is 2.96 bits per heavy atom. The maximum Gasteiger partial charge on any atom is 0.290 e. The topological polar surface area (TPSA) is 85.3 Å². The number of carbonyl (C=O) groups is 1. The van der Waals surface area contributed by atoms with Gasteiger partial charge in [-0.25, -0.2) is 4.98 Å². The minimum Gasteiger partial charge on any atom is -0.449 e. The van der Waals surface area contributed by atoms with E-state index in [1.54, 1.807) is 11.0 Å². The molecule has 1 aliphatic heterocycles. The molecule has 7 heteroatoms. The molecule has 1 amide bonds. The third-order valence-electron chi connectivity index (χ3n) is 4.92. The van der Waals surface area contributed by atoms with Gasteiger partial charge in [-0.3, -0.25) is 4.79 Å². The van der Waals surface area contributed by atoms with E-state index < -0.39 is 0 Å². The Labute approximate surface area is 144 Å². The molecule has 0 unspecified atom stereocenters. The van der Waals surface area contributed by atoms with Crippen molar-refractivity contribution in [3.63, 3.8) is 0 Å². The van der Waals surface area contributed by atoms with Gasteiger partial charge in [0.05, 0.1) is 6.04 Å². The Kier molecular flexibility index (Phi) is 3.16. The molecule has 128 valence electrons. The van der Waals surface area contributed by atoms with Crippen LogP contribution in [0.15, 0.2) is 27.1 Å². The van der Waals surface area contributed by atoms with E-state index in [0.717, 1.165) is 31.4 Å². The molecular formula is C18H18N4O3. The third-order valence-corrected chi connectivity index (χ3v) is 4.92. The standard InChI is InChI=1S/C18H18N4O3/c1-10-4-7-14-12(19-10)9-15(24-14)18(23)22-8-2-3-13(22)16-20-17(25-21-16)11-5-6-11/h4,7,9,11,13H,2-3,5-6,8H2,1H3/t13-/m1/s1. The Bertz CT molecular complexity index is 956. The number of hydrogen-bond donors (Lipinski definition) is 0. The van der Waals surface area contributed by atoms with Gasteiger partial charge in [0, 0.05) is 24.2 Å². The zero-order valence-corrected chi connectivity index (χ0v) is 13.9. The van der Waals surface area contributed by atoms with Crippen molar-refractivity contribution in [2.45, 2.75) is 44.6 Å². The van der Waals surface area contributed by atoms with Crippen LogP contribution >= 0.6 is 0 Å². The second kappa shape index (κ2) is 5.40. The predicted octanol–water partition coefficient (Wildman–Crippen LogP) is 3.37. The van der Waals surface area contributed by atoms with Crippen molar-refractivity contribution >= 4 is 17.0 Å². The lowest BCUT2D eigenvalue weighted by Crippen LogP contribution is -2.30. The van der Waals surface area contributed by atoms with Crippen LogP contribution in [-0.2, 0) is 0 Å². The first-order chi connectivity index (χ1) is 12.2. The smallest absolute Gasteiger partial charge is 0.290 e. The van der Waals surface area contributed by atoms with E-state index in [4.69, 9.17) is 8.94 Å². The van der Waals surface area contributed by atoms with E-state index in [1.165, 1.54) is 0 Å². The molecule has 4 heterocycles. The first-order valence-corrected chi connectivity index (χ1v) is 8.71. The summed E-state index contributed by atoms with van der Waals surface area (Å²) in [5.74, 6) is 1.90. The lowest BCUT2D eigenvalue weighted by atomic mass is 10.2. The molecule has 25 heavy (non-hydrogen) atoms. The monoisotopic (exact) mass is 338 g/mol. The minimum atomic E-state index is -0.147. The molecule has 5 rings (SSSR count). The number of pyridine rings is 1. The first-order valence-electron chi connectivity index (χ1n) is 8.71. The van der Waals surface area contributed by atoms with Crippen molar-refractivity contribution < 1.29 is 13.7 Å². The average molecular weight is 338 g/mol. The maximum atomic E-state index is 13.0. The van der Waals surface area contributed by atoms with Crippen LogP contribution in [0.3, 0.4) is 0 Å². The van der Waals surface area contributed by atoms with Gasteiger partial charge >= 0.3 is 0 Å². The largest absolute Gasteiger partial charge is 0.449 e. The summed E-state index contributed by atoms with van der Waals surface area (Å²) >= 11 is 0. The lowest BCUT2D eigenvalue weighted by Gasteiger charge is -2.20.